The number of nitrogens with zero attached hydrogens (tertiary/aromatic N) is 1. The van der Waals surface area contributed by atoms with E-state index in [0.29, 0.717) is 0 Å². The van der Waals surface area contributed by atoms with Crippen LogP contribution in [0, 0.1) is 0 Å². The molecule has 0 N–H and O–H groups in total. The van der Waals surface area contributed by atoms with E-state index in [1.807, 2.05) is 6.08 Å². The summed E-state index contributed by atoms with van der Waals surface area (Å²) in [4.78, 5) is 2.40. The lowest BCUT2D eigenvalue weighted by atomic mass is 9.70. The lowest BCUT2D eigenvalue weighted by molar-refractivity contribution is 0.660. The van der Waals surface area contributed by atoms with E-state index in [9.17, 15) is 0 Å². The summed E-state index contributed by atoms with van der Waals surface area (Å²) >= 11 is 0. The Hall–Kier alpha value is -6.44. The average Bonchev–Trinajstić information content (AvgIpc) is 3.76. The van der Waals surface area contributed by atoms with Crippen LogP contribution in [0.2, 0.25) is 0 Å². The molecule has 0 aromatic heterocycles. The highest BCUT2D eigenvalue weighted by molar-refractivity contribution is 5.97. The number of anilines is 2. The lowest BCUT2D eigenvalue weighted by Crippen LogP contribution is -2.26. The summed E-state index contributed by atoms with van der Waals surface area (Å²) in [7, 11) is 0. The summed E-state index contributed by atoms with van der Waals surface area (Å²) in [6.07, 6.45) is 4.00. The fourth-order valence-electron chi connectivity index (χ4n) is 9.69. The summed E-state index contributed by atoms with van der Waals surface area (Å²) in [5.74, 6) is 0. The molecule has 1 nitrogen and oxygen atoms in total. The summed E-state index contributed by atoms with van der Waals surface area (Å²) < 4.78 is 0. The van der Waals surface area contributed by atoms with Crippen LogP contribution in [0.1, 0.15) is 52.8 Å². The maximum Gasteiger partial charge on any atom is 0.0726 e. The lowest BCUT2D eigenvalue weighted by Gasteiger charge is -2.34. The van der Waals surface area contributed by atoms with E-state index < -0.39 is 5.41 Å². The predicted octanol–water partition coefficient (Wildman–Crippen LogP) is 13.3. The molecule has 0 atom stereocenters. The Labute approximate surface area is 312 Å². The van der Waals surface area contributed by atoms with Crippen molar-refractivity contribution in [1.82, 2.24) is 0 Å². The van der Waals surface area contributed by atoms with Gasteiger partial charge < -0.3 is 4.90 Å². The standard InChI is InChI=1S/C52H39N/c1-5-17-50(34(2)35-18-7-6-8-19-35)53(36-28-30-42-38-20-9-13-24-44(38)51(3,4)48(42)32-36)37-29-31-43-41-23-12-16-27-47(41)52(49(43)33-37)45-25-14-10-21-39(45)40-22-11-15-26-46(40)52/h5-33H,1-2H2,3-4H3/b50-17+. The Morgan fingerprint density at radius 3 is 1.42 bits per heavy atom. The molecule has 1 spiro atoms. The van der Waals surface area contributed by atoms with Crippen molar-refractivity contribution in [2.75, 3.05) is 4.90 Å². The highest BCUT2D eigenvalue weighted by Crippen LogP contribution is 2.63. The topological polar surface area (TPSA) is 3.24 Å². The third kappa shape index (κ3) is 4.25. The first-order valence-corrected chi connectivity index (χ1v) is 18.5. The van der Waals surface area contributed by atoms with Crippen LogP contribution in [0.15, 0.2) is 195 Å². The zero-order chi connectivity index (χ0) is 35.9. The smallest absolute Gasteiger partial charge is 0.0726 e. The van der Waals surface area contributed by atoms with Crippen molar-refractivity contribution in [3.8, 4) is 33.4 Å². The summed E-state index contributed by atoms with van der Waals surface area (Å²) in [5.41, 5.74) is 20.4. The van der Waals surface area contributed by atoms with Crippen LogP contribution in [0.4, 0.5) is 11.4 Å². The Morgan fingerprint density at radius 2 is 0.887 bits per heavy atom. The molecular weight excluding hydrogens is 639 g/mol. The normalized spacial score (nSPS) is 14.8. The summed E-state index contributed by atoms with van der Waals surface area (Å²) in [6.45, 7) is 13.6. The van der Waals surface area contributed by atoms with Crippen LogP contribution in [0.5, 0.6) is 0 Å². The first kappa shape index (κ1) is 31.3. The van der Waals surface area contributed by atoms with Crippen molar-refractivity contribution < 1.29 is 0 Å². The third-order valence-electron chi connectivity index (χ3n) is 12.0. The van der Waals surface area contributed by atoms with Crippen molar-refractivity contribution >= 4 is 16.9 Å². The molecule has 7 aromatic rings. The number of fused-ring (bicyclic) bond motifs is 13. The number of allylic oxidation sites excluding steroid dienone is 3. The largest absolute Gasteiger partial charge is 0.310 e. The van der Waals surface area contributed by atoms with E-state index in [1.54, 1.807) is 0 Å². The van der Waals surface area contributed by atoms with Gasteiger partial charge in [0.05, 0.1) is 11.1 Å². The van der Waals surface area contributed by atoms with Gasteiger partial charge in [-0.1, -0.05) is 173 Å². The molecule has 53 heavy (non-hydrogen) atoms. The van der Waals surface area contributed by atoms with Gasteiger partial charge in [-0.15, -0.1) is 0 Å². The zero-order valence-electron chi connectivity index (χ0n) is 30.1. The Balaban J connectivity index is 1.25. The molecule has 0 bridgehead atoms. The molecule has 10 rings (SSSR count). The van der Waals surface area contributed by atoms with Crippen LogP contribution < -0.4 is 4.90 Å². The molecule has 7 aromatic carbocycles. The zero-order valence-corrected chi connectivity index (χ0v) is 30.1. The molecule has 252 valence electrons. The minimum atomic E-state index is -0.443. The fraction of sp³-hybridized carbons (Fsp3) is 0.0769. The second kappa shape index (κ2) is 11.5. The summed E-state index contributed by atoms with van der Waals surface area (Å²) in [6, 6.07) is 60.4. The third-order valence-corrected chi connectivity index (χ3v) is 12.0. The molecule has 0 heterocycles. The summed E-state index contributed by atoms with van der Waals surface area (Å²) in [5, 5.41) is 0. The number of rotatable bonds is 6. The van der Waals surface area contributed by atoms with Crippen LogP contribution in [0.25, 0.3) is 39.0 Å². The minimum absolute atomic E-state index is 0.146. The molecule has 0 saturated carbocycles. The molecule has 0 amide bonds. The van der Waals surface area contributed by atoms with Crippen molar-refractivity contribution in [3.63, 3.8) is 0 Å². The molecule has 0 saturated heterocycles. The van der Waals surface area contributed by atoms with Crippen molar-refractivity contribution in [2.45, 2.75) is 24.7 Å². The molecule has 0 radical (unpaired) electrons. The number of hydrogen-bond donors (Lipinski definition) is 0. The Morgan fingerprint density at radius 1 is 0.472 bits per heavy atom. The van der Waals surface area contributed by atoms with Gasteiger partial charge in [0.2, 0.25) is 0 Å². The molecule has 0 fully saturated rings. The van der Waals surface area contributed by atoms with Crippen LogP contribution in [-0.4, -0.2) is 0 Å². The van der Waals surface area contributed by atoms with E-state index in [-0.39, 0.29) is 5.41 Å². The van der Waals surface area contributed by atoms with Gasteiger partial charge in [-0.05, 0) is 108 Å². The number of hydrogen-bond acceptors (Lipinski definition) is 1. The van der Waals surface area contributed by atoms with E-state index >= 15 is 0 Å². The Bertz CT molecular complexity index is 2620. The second-order valence-electron chi connectivity index (χ2n) is 15.0. The first-order chi connectivity index (χ1) is 25.9. The Kier molecular flexibility index (Phi) is 6.81. The maximum atomic E-state index is 4.73. The highest BCUT2D eigenvalue weighted by Gasteiger charge is 2.51. The maximum absolute atomic E-state index is 4.73. The molecular formula is C52H39N. The van der Waals surface area contributed by atoms with E-state index in [1.165, 1.54) is 66.8 Å². The first-order valence-electron chi connectivity index (χ1n) is 18.5. The van der Waals surface area contributed by atoms with Gasteiger partial charge in [0, 0.05) is 16.8 Å². The molecule has 3 aliphatic rings. The van der Waals surface area contributed by atoms with Gasteiger partial charge in [-0.2, -0.15) is 0 Å². The molecule has 0 unspecified atom stereocenters. The van der Waals surface area contributed by atoms with E-state index in [2.05, 4.69) is 195 Å². The number of benzene rings is 7. The highest BCUT2D eigenvalue weighted by atomic mass is 15.2. The predicted molar refractivity (Wildman–Crippen MR) is 223 cm³/mol. The van der Waals surface area contributed by atoms with E-state index in [4.69, 9.17) is 6.58 Å². The van der Waals surface area contributed by atoms with Gasteiger partial charge in [0.1, 0.15) is 0 Å². The molecule has 3 aliphatic carbocycles. The molecule has 0 aliphatic heterocycles. The van der Waals surface area contributed by atoms with Gasteiger partial charge in [0.25, 0.3) is 0 Å². The minimum Gasteiger partial charge on any atom is -0.310 e. The van der Waals surface area contributed by atoms with Crippen molar-refractivity contribution in [2.24, 2.45) is 0 Å². The fourth-order valence-corrected chi connectivity index (χ4v) is 9.69. The van der Waals surface area contributed by atoms with Crippen molar-refractivity contribution in [1.29, 1.82) is 0 Å². The van der Waals surface area contributed by atoms with E-state index in [0.717, 1.165) is 28.2 Å². The quantitative estimate of drug-likeness (QED) is 0.158. The van der Waals surface area contributed by atoms with Crippen LogP contribution in [0.3, 0.4) is 0 Å². The van der Waals surface area contributed by atoms with Crippen LogP contribution in [-0.2, 0) is 10.8 Å². The monoisotopic (exact) mass is 677 g/mol. The van der Waals surface area contributed by atoms with Crippen LogP contribution >= 0.6 is 0 Å². The average molecular weight is 678 g/mol. The van der Waals surface area contributed by atoms with Crippen molar-refractivity contribution in [3.05, 3.63) is 234 Å². The van der Waals surface area contributed by atoms with Gasteiger partial charge >= 0.3 is 0 Å². The SMILES string of the molecule is C=C/C=C(\C(=C)c1ccccc1)N(c1ccc2c(c1)C(C)(C)c1ccccc1-2)c1ccc2c(c1)C1(c3ccccc3-c3ccccc31)c1ccccc1-2. The second-order valence-corrected chi connectivity index (χ2v) is 15.0. The van der Waals surface area contributed by atoms with Gasteiger partial charge in [-0.3, -0.25) is 0 Å². The van der Waals surface area contributed by atoms with Gasteiger partial charge in [-0.25, -0.2) is 0 Å². The van der Waals surface area contributed by atoms with Gasteiger partial charge in [0.15, 0.2) is 0 Å². The molecule has 1 heteroatoms.